The van der Waals surface area contributed by atoms with Crippen molar-refractivity contribution in [2.45, 2.75) is 20.8 Å². The number of carbonyl (C=O) groups excluding carboxylic acids is 1. The number of carbonyl (C=O) groups is 1. The van der Waals surface area contributed by atoms with Crippen LogP contribution in [0.3, 0.4) is 0 Å². The van der Waals surface area contributed by atoms with Crippen LogP contribution in [-0.4, -0.2) is 27.9 Å². The number of nitrogens with one attached hydrogen (secondary N) is 1. The summed E-state index contributed by atoms with van der Waals surface area (Å²) in [6.45, 7) is 6.45. The van der Waals surface area contributed by atoms with Gasteiger partial charge in [-0.05, 0) is 44.0 Å². The van der Waals surface area contributed by atoms with Gasteiger partial charge >= 0.3 is 0 Å². The number of H-pyrrole nitrogens is 1. The van der Waals surface area contributed by atoms with Gasteiger partial charge in [0.05, 0.1) is 6.61 Å². The number of amides is 1. The second-order valence-electron chi connectivity index (χ2n) is 4.26. The summed E-state index contributed by atoms with van der Waals surface area (Å²) in [6, 6.07) is 3.81. The molecule has 0 atom stereocenters. The zero-order chi connectivity index (χ0) is 14.0. The average molecular weight is 260 g/mol. The number of rotatable bonds is 4. The fourth-order valence-electron chi connectivity index (χ4n) is 2.06. The van der Waals surface area contributed by atoms with Crippen molar-refractivity contribution in [1.29, 1.82) is 0 Å². The third kappa shape index (κ3) is 2.42. The zero-order valence-corrected chi connectivity index (χ0v) is 11.2. The molecule has 0 fully saturated rings. The van der Waals surface area contributed by atoms with E-state index in [1.165, 1.54) is 0 Å². The van der Waals surface area contributed by atoms with Gasteiger partial charge in [0.15, 0.2) is 5.69 Å². The predicted molar refractivity (Wildman–Crippen MR) is 71.0 cm³/mol. The van der Waals surface area contributed by atoms with Gasteiger partial charge in [-0.3, -0.25) is 4.79 Å². The molecule has 2 rings (SSSR count). The molecule has 6 nitrogen and oxygen atoms in total. The quantitative estimate of drug-likeness (QED) is 0.872. The van der Waals surface area contributed by atoms with E-state index >= 15 is 0 Å². The van der Waals surface area contributed by atoms with Crippen LogP contribution in [0.4, 0.5) is 0 Å². The molecule has 0 aliphatic carbocycles. The highest BCUT2D eigenvalue weighted by atomic mass is 16.5. The Balaban J connectivity index is 2.52. The normalized spacial score (nSPS) is 10.5. The summed E-state index contributed by atoms with van der Waals surface area (Å²) in [5.74, 6) is 0.253. The van der Waals surface area contributed by atoms with Crippen molar-refractivity contribution in [2.24, 2.45) is 5.73 Å². The Kier molecular flexibility index (Phi) is 3.50. The third-order valence-corrected chi connectivity index (χ3v) is 2.80. The van der Waals surface area contributed by atoms with Crippen LogP contribution in [0.1, 0.15) is 28.5 Å². The molecule has 6 heteroatoms. The molecular weight excluding hydrogens is 244 g/mol. The van der Waals surface area contributed by atoms with Gasteiger partial charge in [-0.1, -0.05) is 0 Å². The number of nitrogens with zero attached hydrogens (tertiary/aromatic N) is 2. The topological polar surface area (TPSA) is 93.9 Å². The number of hydrogen-bond donors (Lipinski definition) is 2. The number of nitrogens with two attached hydrogens (primary N) is 1. The first kappa shape index (κ1) is 13.1. The molecular formula is C13H16N4O2. The van der Waals surface area contributed by atoms with Crippen molar-refractivity contribution >= 4 is 5.91 Å². The van der Waals surface area contributed by atoms with Gasteiger partial charge in [0.25, 0.3) is 5.91 Å². The summed E-state index contributed by atoms with van der Waals surface area (Å²) >= 11 is 0. The first-order valence-electron chi connectivity index (χ1n) is 5.99. The molecule has 1 heterocycles. The molecule has 100 valence electrons. The average Bonchev–Trinajstić information content (AvgIpc) is 2.82. The number of benzene rings is 1. The van der Waals surface area contributed by atoms with Gasteiger partial charge in [0.1, 0.15) is 11.4 Å². The smallest absolute Gasteiger partial charge is 0.271 e. The first-order valence-corrected chi connectivity index (χ1v) is 5.99. The molecule has 0 bridgehead atoms. The molecule has 0 unspecified atom stereocenters. The molecule has 0 spiro atoms. The Labute approximate surface area is 111 Å². The molecule has 0 aliphatic heterocycles. The second kappa shape index (κ2) is 5.09. The van der Waals surface area contributed by atoms with Crippen molar-refractivity contribution in [3.63, 3.8) is 0 Å². The van der Waals surface area contributed by atoms with Crippen LogP contribution in [-0.2, 0) is 0 Å². The Morgan fingerprint density at radius 1 is 1.32 bits per heavy atom. The minimum absolute atomic E-state index is 0.142. The molecule has 1 aromatic heterocycles. The van der Waals surface area contributed by atoms with Crippen LogP contribution >= 0.6 is 0 Å². The van der Waals surface area contributed by atoms with Crippen LogP contribution in [0.25, 0.3) is 11.3 Å². The molecule has 3 N–H and O–H groups in total. The van der Waals surface area contributed by atoms with Crippen molar-refractivity contribution in [2.75, 3.05) is 6.61 Å². The van der Waals surface area contributed by atoms with Gasteiger partial charge in [-0.15, -0.1) is 0 Å². The number of ether oxygens (including phenoxy) is 1. The number of hydrogen-bond acceptors (Lipinski definition) is 4. The minimum Gasteiger partial charge on any atom is -0.493 e. The fourth-order valence-corrected chi connectivity index (χ4v) is 2.06. The molecule has 2 aromatic rings. The summed E-state index contributed by atoms with van der Waals surface area (Å²) in [5.41, 5.74) is 8.62. The van der Waals surface area contributed by atoms with E-state index in [4.69, 9.17) is 10.5 Å². The molecule has 0 saturated carbocycles. The van der Waals surface area contributed by atoms with Gasteiger partial charge in [-0.25, -0.2) is 0 Å². The highest BCUT2D eigenvalue weighted by Gasteiger charge is 2.17. The van der Waals surface area contributed by atoms with E-state index < -0.39 is 5.91 Å². The number of primary amides is 1. The number of aromatic amines is 1. The molecule has 1 aromatic carbocycles. The van der Waals surface area contributed by atoms with Gasteiger partial charge in [-0.2, -0.15) is 15.4 Å². The zero-order valence-electron chi connectivity index (χ0n) is 11.2. The summed E-state index contributed by atoms with van der Waals surface area (Å²) < 4.78 is 5.58. The van der Waals surface area contributed by atoms with Gasteiger partial charge in [0, 0.05) is 5.56 Å². The largest absolute Gasteiger partial charge is 0.493 e. The summed E-state index contributed by atoms with van der Waals surface area (Å²) in [6.07, 6.45) is 0. The summed E-state index contributed by atoms with van der Waals surface area (Å²) in [7, 11) is 0. The van der Waals surface area contributed by atoms with Crippen LogP contribution in [0.5, 0.6) is 5.75 Å². The fraction of sp³-hybridized carbons (Fsp3) is 0.308. The highest BCUT2D eigenvalue weighted by Crippen LogP contribution is 2.30. The second-order valence-corrected chi connectivity index (χ2v) is 4.26. The van der Waals surface area contributed by atoms with E-state index in [2.05, 4.69) is 15.4 Å². The Bertz CT molecular complexity index is 596. The standard InChI is InChI=1S/C13H16N4O2/c1-4-19-12-7(2)5-9(6-8(12)3)10-11(13(14)18)16-17-15-10/h5-6H,4H2,1-3H3,(H2,14,18)(H,15,16,17). The first-order chi connectivity index (χ1) is 9.04. The SMILES string of the molecule is CCOc1c(C)cc(-c2n[nH]nc2C(N)=O)cc1C. The van der Waals surface area contributed by atoms with Gasteiger partial charge in [0.2, 0.25) is 0 Å². The van der Waals surface area contributed by atoms with E-state index in [0.717, 1.165) is 22.4 Å². The van der Waals surface area contributed by atoms with Crippen molar-refractivity contribution in [3.8, 4) is 17.0 Å². The van der Waals surface area contributed by atoms with Crippen molar-refractivity contribution in [3.05, 3.63) is 29.0 Å². The minimum atomic E-state index is -0.604. The maximum atomic E-state index is 11.3. The van der Waals surface area contributed by atoms with E-state index in [-0.39, 0.29) is 5.69 Å². The molecule has 0 saturated heterocycles. The number of aryl methyl sites for hydroxylation is 2. The maximum absolute atomic E-state index is 11.3. The van der Waals surface area contributed by atoms with E-state index in [9.17, 15) is 4.79 Å². The van der Waals surface area contributed by atoms with Crippen molar-refractivity contribution < 1.29 is 9.53 Å². The van der Waals surface area contributed by atoms with Crippen LogP contribution < -0.4 is 10.5 Å². The van der Waals surface area contributed by atoms with Gasteiger partial charge < -0.3 is 10.5 Å². The molecule has 0 radical (unpaired) electrons. The molecule has 0 aliphatic rings. The highest BCUT2D eigenvalue weighted by molar-refractivity contribution is 5.96. The summed E-state index contributed by atoms with van der Waals surface area (Å²) in [4.78, 5) is 11.3. The molecule has 19 heavy (non-hydrogen) atoms. The Morgan fingerprint density at radius 2 is 1.95 bits per heavy atom. The van der Waals surface area contributed by atoms with Crippen LogP contribution in [0, 0.1) is 13.8 Å². The predicted octanol–water partition coefficient (Wildman–Crippen LogP) is 1.59. The van der Waals surface area contributed by atoms with Crippen LogP contribution in [0.15, 0.2) is 12.1 Å². The lowest BCUT2D eigenvalue weighted by atomic mass is 10.0. The van der Waals surface area contributed by atoms with E-state index in [1.807, 2.05) is 32.9 Å². The third-order valence-electron chi connectivity index (χ3n) is 2.80. The van der Waals surface area contributed by atoms with Crippen molar-refractivity contribution in [1.82, 2.24) is 15.4 Å². The lowest BCUT2D eigenvalue weighted by molar-refractivity contribution is 0.0996. The lowest BCUT2D eigenvalue weighted by Gasteiger charge is -2.12. The number of aromatic nitrogens is 3. The summed E-state index contributed by atoms with van der Waals surface area (Å²) in [5, 5.41) is 10.2. The monoisotopic (exact) mass is 260 g/mol. The maximum Gasteiger partial charge on any atom is 0.271 e. The van der Waals surface area contributed by atoms with E-state index in [0.29, 0.717) is 12.3 Å². The lowest BCUT2D eigenvalue weighted by Crippen LogP contribution is -2.12. The Hall–Kier alpha value is -2.37. The van der Waals surface area contributed by atoms with E-state index in [1.54, 1.807) is 0 Å². The van der Waals surface area contributed by atoms with Crippen LogP contribution in [0.2, 0.25) is 0 Å². The molecule has 1 amide bonds. The Morgan fingerprint density at radius 3 is 2.47 bits per heavy atom.